The van der Waals surface area contributed by atoms with E-state index in [4.69, 9.17) is 0 Å². The van der Waals surface area contributed by atoms with Crippen LogP contribution in [0.4, 0.5) is 5.00 Å². The third-order valence-corrected chi connectivity index (χ3v) is 4.82. The fourth-order valence-corrected chi connectivity index (χ4v) is 3.58. The van der Waals surface area contributed by atoms with Crippen LogP contribution in [-0.4, -0.2) is 22.0 Å². The maximum atomic E-state index is 10.1. The Morgan fingerprint density at radius 1 is 1.35 bits per heavy atom. The van der Waals surface area contributed by atoms with E-state index in [-0.39, 0.29) is 5.75 Å². The van der Waals surface area contributed by atoms with E-state index >= 15 is 0 Å². The van der Waals surface area contributed by atoms with E-state index < -0.39 is 0 Å². The van der Waals surface area contributed by atoms with E-state index in [0.29, 0.717) is 21.2 Å². The van der Waals surface area contributed by atoms with Crippen LogP contribution in [-0.2, 0) is 0 Å². The summed E-state index contributed by atoms with van der Waals surface area (Å²) in [6, 6.07) is 13.4. The smallest absolute Gasteiger partial charge is 0.148 e. The van der Waals surface area contributed by atoms with Gasteiger partial charge >= 0.3 is 0 Å². The minimum absolute atomic E-state index is 0.156. The summed E-state index contributed by atoms with van der Waals surface area (Å²) in [6.45, 7) is 0. The second-order valence-corrected chi connectivity index (χ2v) is 6.17. The first-order chi connectivity index (χ1) is 11.2. The first-order valence-electron chi connectivity index (χ1n) is 6.68. The SMILES string of the molecule is CSc1nsc(N/N=C/c2c(O)ccc3ccccc23)c1C#N. The first kappa shape index (κ1) is 15.3. The molecule has 1 aromatic heterocycles. The van der Waals surface area contributed by atoms with Crippen molar-refractivity contribution in [1.82, 2.24) is 4.37 Å². The Labute approximate surface area is 141 Å². The first-order valence-corrected chi connectivity index (χ1v) is 8.68. The van der Waals surface area contributed by atoms with Crippen LogP contribution in [0.1, 0.15) is 11.1 Å². The zero-order chi connectivity index (χ0) is 16.2. The molecule has 0 aliphatic carbocycles. The van der Waals surface area contributed by atoms with Crippen molar-refractivity contribution in [1.29, 1.82) is 5.26 Å². The van der Waals surface area contributed by atoms with Gasteiger partial charge in [-0.05, 0) is 34.6 Å². The maximum absolute atomic E-state index is 10.1. The summed E-state index contributed by atoms with van der Waals surface area (Å²) in [4.78, 5) is 0. The fourth-order valence-electron chi connectivity index (χ4n) is 2.16. The average Bonchev–Trinajstić information content (AvgIpc) is 2.98. The summed E-state index contributed by atoms with van der Waals surface area (Å²) in [7, 11) is 0. The van der Waals surface area contributed by atoms with Crippen molar-refractivity contribution < 1.29 is 5.11 Å². The zero-order valence-corrected chi connectivity index (χ0v) is 13.8. The van der Waals surface area contributed by atoms with Gasteiger partial charge in [-0.15, -0.1) is 11.8 Å². The largest absolute Gasteiger partial charge is 0.507 e. The highest BCUT2D eigenvalue weighted by Crippen LogP contribution is 2.30. The van der Waals surface area contributed by atoms with Crippen molar-refractivity contribution >= 4 is 45.3 Å². The highest BCUT2D eigenvalue weighted by atomic mass is 32.2. The number of hydrazone groups is 1. The van der Waals surface area contributed by atoms with Crippen LogP contribution in [0.2, 0.25) is 0 Å². The van der Waals surface area contributed by atoms with Crippen LogP contribution >= 0.6 is 23.3 Å². The lowest BCUT2D eigenvalue weighted by Gasteiger charge is -2.04. The van der Waals surface area contributed by atoms with E-state index in [1.165, 1.54) is 23.3 Å². The molecule has 5 nitrogen and oxygen atoms in total. The molecule has 0 saturated heterocycles. The van der Waals surface area contributed by atoms with E-state index in [0.717, 1.165) is 10.8 Å². The summed E-state index contributed by atoms with van der Waals surface area (Å²) in [6.07, 6.45) is 3.42. The van der Waals surface area contributed by atoms with Crippen LogP contribution in [0, 0.1) is 11.3 Å². The summed E-state index contributed by atoms with van der Waals surface area (Å²) in [5, 5.41) is 26.6. The number of nitrogens with one attached hydrogen (secondary N) is 1. The highest BCUT2D eigenvalue weighted by Gasteiger charge is 2.12. The number of rotatable bonds is 4. The van der Waals surface area contributed by atoms with Gasteiger partial charge in [0.05, 0.1) is 6.21 Å². The molecule has 0 bridgehead atoms. The Balaban J connectivity index is 1.91. The lowest BCUT2D eigenvalue weighted by molar-refractivity contribution is 0.475. The van der Waals surface area contributed by atoms with Gasteiger partial charge in [-0.25, -0.2) is 0 Å². The van der Waals surface area contributed by atoms with Gasteiger partial charge in [-0.2, -0.15) is 14.7 Å². The molecule has 0 atom stereocenters. The Morgan fingerprint density at radius 3 is 2.96 bits per heavy atom. The van der Waals surface area contributed by atoms with Gasteiger partial charge in [0.25, 0.3) is 0 Å². The molecule has 0 spiro atoms. The number of thioether (sulfide) groups is 1. The van der Waals surface area contributed by atoms with Crippen molar-refractivity contribution in [3.63, 3.8) is 0 Å². The van der Waals surface area contributed by atoms with Crippen molar-refractivity contribution in [2.75, 3.05) is 11.7 Å². The van der Waals surface area contributed by atoms with Gasteiger partial charge in [0, 0.05) is 5.56 Å². The molecule has 3 rings (SSSR count). The number of nitriles is 1. The minimum Gasteiger partial charge on any atom is -0.507 e. The molecule has 1 heterocycles. The Morgan fingerprint density at radius 2 is 2.17 bits per heavy atom. The standard InChI is InChI=1S/C16H12N4OS2/c1-22-16-12(8-17)15(23-20-16)19-18-9-13-11-5-3-2-4-10(11)6-7-14(13)21/h2-7,9,19,21H,1H3/b18-9+. The number of phenolic OH excluding ortho intramolecular Hbond substituents is 1. The molecule has 0 fully saturated rings. The zero-order valence-electron chi connectivity index (χ0n) is 12.1. The molecule has 2 aromatic carbocycles. The maximum Gasteiger partial charge on any atom is 0.148 e. The number of nitrogens with zero attached hydrogens (tertiary/aromatic N) is 3. The Bertz CT molecular complexity index is 927. The highest BCUT2D eigenvalue weighted by molar-refractivity contribution is 7.98. The molecule has 0 saturated carbocycles. The average molecular weight is 340 g/mol. The number of aromatic nitrogens is 1. The molecule has 0 aliphatic heterocycles. The molecular weight excluding hydrogens is 328 g/mol. The van der Waals surface area contributed by atoms with Gasteiger partial charge in [0.2, 0.25) is 0 Å². The second-order valence-electron chi connectivity index (χ2n) is 4.60. The Kier molecular flexibility index (Phi) is 4.46. The van der Waals surface area contributed by atoms with Crippen molar-refractivity contribution in [3.05, 3.63) is 47.5 Å². The predicted molar refractivity (Wildman–Crippen MR) is 95.4 cm³/mol. The van der Waals surface area contributed by atoms with Gasteiger partial charge < -0.3 is 5.11 Å². The van der Waals surface area contributed by atoms with E-state index in [9.17, 15) is 10.4 Å². The number of hydrogen-bond acceptors (Lipinski definition) is 7. The minimum atomic E-state index is 0.156. The quantitative estimate of drug-likeness (QED) is 0.425. The monoisotopic (exact) mass is 340 g/mol. The predicted octanol–water partition coefficient (Wildman–Crippen LogP) is 4.04. The molecule has 23 heavy (non-hydrogen) atoms. The number of aromatic hydroxyl groups is 1. The molecule has 3 aromatic rings. The molecule has 7 heteroatoms. The molecule has 0 aliphatic rings. The third kappa shape index (κ3) is 2.99. The van der Waals surface area contributed by atoms with Crippen LogP contribution in [0.3, 0.4) is 0 Å². The van der Waals surface area contributed by atoms with E-state index in [1.807, 2.05) is 36.6 Å². The third-order valence-electron chi connectivity index (χ3n) is 3.27. The van der Waals surface area contributed by atoms with Crippen molar-refractivity contribution in [3.8, 4) is 11.8 Å². The number of fused-ring (bicyclic) bond motifs is 1. The summed E-state index contributed by atoms with van der Waals surface area (Å²) >= 11 is 2.61. The topological polar surface area (TPSA) is 81.3 Å². The van der Waals surface area contributed by atoms with Crippen molar-refractivity contribution in [2.45, 2.75) is 5.03 Å². The summed E-state index contributed by atoms with van der Waals surface area (Å²) in [5.74, 6) is 0.156. The lowest BCUT2D eigenvalue weighted by Crippen LogP contribution is -1.92. The number of benzene rings is 2. The Hall–Kier alpha value is -2.56. The van der Waals surface area contributed by atoms with Gasteiger partial charge in [0.1, 0.15) is 27.4 Å². The number of anilines is 1. The van der Waals surface area contributed by atoms with Gasteiger partial charge in [-0.1, -0.05) is 30.3 Å². The molecular formula is C16H12N4OS2. The molecule has 0 unspecified atom stereocenters. The van der Waals surface area contributed by atoms with Gasteiger partial charge in [0.15, 0.2) is 0 Å². The fraction of sp³-hybridized carbons (Fsp3) is 0.0625. The molecule has 0 amide bonds. The molecule has 2 N–H and O–H groups in total. The van der Waals surface area contributed by atoms with Gasteiger partial charge in [-0.3, -0.25) is 5.43 Å². The van der Waals surface area contributed by atoms with Crippen LogP contribution in [0.25, 0.3) is 10.8 Å². The normalized spacial score (nSPS) is 11.0. The van der Waals surface area contributed by atoms with Crippen LogP contribution in [0.5, 0.6) is 5.75 Å². The van der Waals surface area contributed by atoms with E-state index in [2.05, 4.69) is 21.0 Å². The van der Waals surface area contributed by atoms with E-state index in [1.54, 1.807) is 12.3 Å². The van der Waals surface area contributed by atoms with Crippen LogP contribution in [0.15, 0.2) is 46.5 Å². The second kappa shape index (κ2) is 6.69. The molecule has 114 valence electrons. The summed E-state index contributed by atoms with van der Waals surface area (Å²) < 4.78 is 4.19. The number of hydrogen-bond donors (Lipinski definition) is 2. The number of phenols is 1. The van der Waals surface area contributed by atoms with Crippen LogP contribution < -0.4 is 5.43 Å². The lowest BCUT2D eigenvalue weighted by atomic mass is 10.0. The summed E-state index contributed by atoms with van der Waals surface area (Å²) in [5.41, 5.74) is 3.95. The molecule has 0 radical (unpaired) electrons. The van der Waals surface area contributed by atoms with Crippen molar-refractivity contribution in [2.24, 2.45) is 5.10 Å².